The molecule has 0 radical (unpaired) electrons. The molecule has 1 aliphatic rings. The molecule has 1 nitrogen and oxygen atoms in total. The van der Waals surface area contributed by atoms with Crippen LogP contribution in [0.5, 0.6) is 5.75 Å². The molecule has 19 heavy (non-hydrogen) atoms. The molecule has 0 saturated heterocycles. The summed E-state index contributed by atoms with van der Waals surface area (Å²) in [6.07, 6.45) is 4.81. The average Bonchev–Trinajstić information content (AvgIpc) is 2.27. The van der Waals surface area contributed by atoms with Crippen molar-refractivity contribution in [3.05, 3.63) is 40.5 Å². The van der Waals surface area contributed by atoms with Gasteiger partial charge in [0.1, 0.15) is 5.75 Å². The molecule has 1 heteroatoms. The predicted molar refractivity (Wildman–Crippen MR) is 81.6 cm³/mol. The van der Waals surface area contributed by atoms with Crippen LogP contribution >= 0.6 is 0 Å². The van der Waals surface area contributed by atoms with Crippen LogP contribution in [0.25, 0.3) is 0 Å². The van der Waals surface area contributed by atoms with E-state index in [0.717, 1.165) is 11.1 Å². The molecule has 2 atom stereocenters. The molecule has 2 rings (SSSR count). The van der Waals surface area contributed by atoms with Gasteiger partial charge in [-0.2, -0.15) is 0 Å². The van der Waals surface area contributed by atoms with Crippen LogP contribution in [0.1, 0.15) is 56.2 Å². The second kappa shape index (κ2) is 5.40. The van der Waals surface area contributed by atoms with E-state index in [1.54, 1.807) is 0 Å². The molecule has 104 valence electrons. The van der Waals surface area contributed by atoms with E-state index in [4.69, 9.17) is 0 Å². The number of hydrogen-bond donors (Lipinski definition) is 1. The van der Waals surface area contributed by atoms with Crippen LogP contribution in [0.3, 0.4) is 0 Å². The molecule has 0 heterocycles. The van der Waals surface area contributed by atoms with Gasteiger partial charge in [-0.25, -0.2) is 0 Å². The van der Waals surface area contributed by atoms with Gasteiger partial charge in [0.05, 0.1) is 0 Å². The number of benzene rings is 1. The minimum Gasteiger partial charge on any atom is -0.508 e. The van der Waals surface area contributed by atoms with Gasteiger partial charge in [-0.15, -0.1) is 0 Å². The van der Waals surface area contributed by atoms with Crippen molar-refractivity contribution in [2.75, 3.05) is 0 Å². The van der Waals surface area contributed by atoms with Gasteiger partial charge in [0, 0.05) is 11.5 Å². The molecule has 0 bridgehead atoms. The van der Waals surface area contributed by atoms with E-state index in [1.165, 1.54) is 24.0 Å². The fourth-order valence-electron chi connectivity index (χ4n) is 3.52. The van der Waals surface area contributed by atoms with E-state index in [2.05, 4.69) is 39.8 Å². The number of rotatable bonds is 2. The zero-order chi connectivity index (χ0) is 14.2. The lowest BCUT2D eigenvalue weighted by molar-refractivity contribution is 0.309. The van der Waals surface area contributed by atoms with Crippen molar-refractivity contribution in [3.8, 4) is 5.75 Å². The number of hydrogen-bond acceptors (Lipinski definition) is 1. The largest absolute Gasteiger partial charge is 0.508 e. The highest BCUT2D eigenvalue weighted by molar-refractivity contribution is 5.47. The quantitative estimate of drug-likeness (QED) is 0.731. The van der Waals surface area contributed by atoms with Crippen LogP contribution in [0.4, 0.5) is 0 Å². The van der Waals surface area contributed by atoms with Gasteiger partial charge < -0.3 is 5.11 Å². The third-order valence-corrected chi connectivity index (χ3v) is 4.50. The number of allylic oxidation sites excluding steroid dienone is 2. The van der Waals surface area contributed by atoms with E-state index in [1.807, 2.05) is 13.0 Å². The number of aryl methyl sites for hydroxylation is 2. The monoisotopic (exact) mass is 258 g/mol. The van der Waals surface area contributed by atoms with E-state index < -0.39 is 0 Å². The Balaban J connectivity index is 2.51. The highest BCUT2D eigenvalue weighted by atomic mass is 16.3. The Hall–Kier alpha value is -1.24. The predicted octanol–water partition coefficient (Wildman–Crippen LogP) is 5.10. The summed E-state index contributed by atoms with van der Waals surface area (Å²) in [6.45, 7) is 11.0. The maximum absolute atomic E-state index is 10.4. The molecule has 2 unspecified atom stereocenters. The fourth-order valence-corrected chi connectivity index (χ4v) is 3.52. The molecule has 0 spiro atoms. The molecular formula is C18H26O. The fraction of sp³-hybridized carbons (Fsp3) is 0.556. The summed E-state index contributed by atoms with van der Waals surface area (Å²) in [5.74, 6) is 2.12. The summed E-state index contributed by atoms with van der Waals surface area (Å²) in [7, 11) is 0. The van der Waals surface area contributed by atoms with Crippen molar-refractivity contribution >= 4 is 0 Å². The van der Waals surface area contributed by atoms with Crippen molar-refractivity contribution in [2.24, 2.45) is 11.8 Å². The Bertz CT molecular complexity index is 473. The van der Waals surface area contributed by atoms with Gasteiger partial charge in [-0.3, -0.25) is 0 Å². The van der Waals surface area contributed by atoms with Crippen LogP contribution in [0.2, 0.25) is 0 Å². The summed E-state index contributed by atoms with van der Waals surface area (Å²) in [6, 6.07) is 4.09. The van der Waals surface area contributed by atoms with E-state index in [-0.39, 0.29) is 0 Å². The Morgan fingerprint density at radius 2 is 1.84 bits per heavy atom. The first-order valence-corrected chi connectivity index (χ1v) is 7.37. The van der Waals surface area contributed by atoms with Gasteiger partial charge in [-0.05, 0) is 62.6 Å². The smallest absolute Gasteiger partial charge is 0.119 e. The number of phenols is 1. The first-order valence-electron chi connectivity index (χ1n) is 7.37. The minimum absolute atomic E-state index is 0.370. The van der Waals surface area contributed by atoms with Gasteiger partial charge in [0.15, 0.2) is 0 Å². The van der Waals surface area contributed by atoms with Crippen LogP contribution in [0, 0.1) is 25.7 Å². The number of phenolic OH excluding ortho intramolecular Hbond substituents is 1. The molecule has 1 aromatic carbocycles. The molecule has 0 aliphatic heterocycles. The van der Waals surface area contributed by atoms with Crippen molar-refractivity contribution in [3.63, 3.8) is 0 Å². The van der Waals surface area contributed by atoms with Gasteiger partial charge in [0.25, 0.3) is 0 Å². The average molecular weight is 258 g/mol. The Labute approximate surface area is 117 Å². The van der Waals surface area contributed by atoms with Crippen LogP contribution in [-0.4, -0.2) is 5.11 Å². The second-order valence-corrected chi connectivity index (χ2v) is 6.50. The van der Waals surface area contributed by atoms with E-state index in [0.29, 0.717) is 23.5 Å². The van der Waals surface area contributed by atoms with Crippen molar-refractivity contribution < 1.29 is 5.11 Å². The number of aromatic hydroxyl groups is 1. The van der Waals surface area contributed by atoms with Crippen molar-refractivity contribution in [1.29, 1.82) is 0 Å². The van der Waals surface area contributed by atoms with Crippen LogP contribution in [-0.2, 0) is 0 Å². The second-order valence-electron chi connectivity index (χ2n) is 6.50. The Morgan fingerprint density at radius 1 is 1.16 bits per heavy atom. The lowest BCUT2D eigenvalue weighted by Gasteiger charge is -2.34. The van der Waals surface area contributed by atoms with Gasteiger partial charge in [-0.1, -0.05) is 31.6 Å². The standard InChI is InChI=1S/C18H26O/c1-11(2)15-7-6-12(3)9-16(15)18-14(5)8-13(4)10-17(18)19/h8-11,15-16,19H,6-7H2,1-5H3. The molecule has 0 fully saturated rings. The molecule has 0 amide bonds. The van der Waals surface area contributed by atoms with Gasteiger partial charge in [0.2, 0.25) is 0 Å². The maximum atomic E-state index is 10.4. The summed E-state index contributed by atoms with van der Waals surface area (Å²) in [5.41, 5.74) is 4.96. The Kier molecular flexibility index (Phi) is 4.03. The van der Waals surface area contributed by atoms with Crippen molar-refractivity contribution in [1.82, 2.24) is 0 Å². The SMILES string of the molecule is CC1=CC(c2c(C)cc(C)cc2O)C(C(C)C)CC1. The molecular weight excluding hydrogens is 232 g/mol. The van der Waals surface area contributed by atoms with E-state index >= 15 is 0 Å². The third-order valence-electron chi connectivity index (χ3n) is 4.50. The molecule has 1 N–H and O–H groups in total. The summed E-state index contributed by atoms with van der Waals surface area (Å²) in [5, 5.41) is 10.4. The molecule has 1 aliphatic carbocycles. The highest BCUT2D eigenvalue weighted by Gasteiger charge is 2.30. The summed E-state index contributed by atoms with van der Waals surface area (Å²) in [4.78, 5) is 0. The zero-order valence-electron chi connectivity index (χ0n) is 12.8. The normalized spacial score (nSPS) is 23.6. The third kappa shape index (κ3) is 2.86. The zero-order valence-corrected chi connectivity index (χ0v) is 12.8. The van der Waals surface area contributed by atoms with Crippen LogP contribution < -0.4 is 0 Å². The topological polar surface area (TPSA) is 20.2 Å². The lowest BCUT2D eigenvalue weighted by atomic mass is 9.71. The minimum atomic E-state index is 0.370. The van der Waals surface area contributed by atoms with Crippen molar-refractivity contribution in [2.45, 2.75) is 53.4 Å². The molecule has 1 aromatic rings. The Morgan fingerprint density at radius 3 is 2.42 bits per heavy atom. The molecule has 0 saturated carbocycles. The van der Waals surface area contributed by atoms with Gasteiger partial charge >= 0.3 is 0 Å². The molecule has 0 aromatic heterocycles. The lowest BCUT2D eigenvalue weighted by Crippen LogP contribution is -2.21. The maximum Gasteiger partial charge on any atom is 0.119 e. The first kappa shape index (κ1) is 14.2. The highest BCUT2D eigenvalue weighted by Crippen LogP contribution is 2.44. The van der Waals surface area contributed by atoms with E-state index in [9.17, 15) is 5.11 Å². The van der Waals surface area contributed by atoms with Crippen LogP contribution in [0.15, 0.2) is 23.8 Å². The summed E-state index contributed by atoms with van der Waals surface area (Å²) < 4.78 is 0. The summed E-state index contributed by atoms with van der Waals surface area (Å²) >= 11 is 0. The first-order chi connectivity index (χ1) is 8.90.